The number of sulfonamides is 1. The number of carbonyl (C=O) groups is 1. The van der Waals surface area contributed by atoms with Crippen LogP contribution in [0.2, 0.25) is 0 Å². The number of hydrogen-bond donors (Lipinski definition) is 1. The summed E-state index contributed by atoms with van der Waals surface area (Å²) < 4.78 is 32.5. The summed E-state index contributed by atoms with van der Waals surface area (Å²) in [5.74, 6) is 0.0296. The number of aryl methyl sites for hydroxylation is 2. The average Bonchev–Trinajstić information content (AvgIpc) is 3.15. The lowest BCUT2D eigenvalue weighted by Gasteiger charge is -2.43. The molecule has 10 heteroatoms. The third kappa shape index (κ3) is 6.76. The third-order valence-electron chi connectivity index (χ3n) is 6.04. The fourth-order valence-electron chi connectivity index (χ4n) is 4.40. The van der Waals surface area contributed by atoms with E-state index in [1.165, 1.54) is 6.26 Å². The van der Waals surface area contributed by atoms with E-state index in [2.05, 4.69) is 15.3 Å². The van der Waals surface area contributed by atoms with Crippen molar-refractivity contribution in [1.29, 1.82) is 0 Å². The van der Waals surface area contributed by atoms with E-state index in [1.54, 1.807) is 15.2 Å². The topological polar surface area (TPSA) is 96.8 Å². The average molecular weight is 442 g/mol. The standard InChI is InChI=1S/C20H35N5O4S/c1-17-15-22-23(16-17)9-5-20(26)21-8-12-25(19-6-13-29-14-7-19)18-3-10-24(11-4-18)30(2,27)28/h15-16,18-19H,3-14H2,1-2H3,(H,21,26). The van der Waals surface area contributed by atoms with Crippen molar-refractivity contribution in [1.82, 2.24) is 24.3 Å². The normalized spacial score (nSPS) is 20.0. The van der Waals surface area contributed by atoms with E-state index in [9.17, 15) is 13.2 Å². The molecule has 1 N–H and O–H groups in total. The minimum Gasteiger partial charge on any atom is -0.381 e. The first-order valence-corrected chi connectivity index (χ1v) is 12.7. The van der Waals surface area contributed by atoms with Gasteiger partial charge in [-0.05, 0) is 38.2 Å². The van der Waals surface area contributed by atoms with Crippen LogP contribution in [0.25, 0.3) is 0 Å². The van der Waals surface area contributed by atoms with Crippen molar-refractivity contribution < 1.29 is 17.9 Å². The summed E-state index contributed by atoms with van der Waals surface area (Å²) in [6.45, 7) is 6.60. The number of nitrogens with one attached hydrogen (secondary N) is 1. The molecule has 0 saturated carbocycles. The number of aromatic nitrogens is 2. The summed E-state index contributed by atoms with van der Waals surface area (Å²) in [4.78, 5) is 14.7. The lowest BCUT2D eigenvalue weighted by atomic mass is 9.98. The van der Waals surface area contributed by atoms with Gasteiger partial charge in [0, 0.05) is 70.6 Å². The number of piperidine rings is 1. The fourth-order valence-corrected chi connectivity index (χ4v) is 5.28. The van der Waals surface area contributed by atoms with Gasteiger partial charge in [-0.25, -0.2) is 12.7 Å². The SMILES string of the molecule is Cc1cnn(CCC(=O)NCCN(C2CCOCC2)C2CCN(S(C)(=O)=O)CC2)c1. The van der Waals surface area contributed by atoms with E-state index in [-0.39, 0.29) is 5.91 Å². The van der Waals surface area contributed by atoms with Crippen LogP contribution in [0.4, 0.5) is 0 Å². The summed E-state index contributed by atoms with van der Waals surface area (Å²) in [5.41, 5.74) is 1.09. The van der Waals surface area contributed by atoms with Crippen LogP contribution in [0, 0.1) is 6.92 Å². The van der Waals surface area contributed by atoms with Gasteiger partial charge < -0.3 is 10.1 Å². The van der Waals surface area contributed by atoms with E-state index >= 15 is 0 Å². The van der Waals surface area contributed by atoms with Gasteiger partial charge in [-0.3, -0.25) is 14.4 Å². The number of amides is 1. The number of carbonyl (C=O) groups excluding carboxylic acids is 1. The zero-order valence-corrected chi connectivity index (χ0v) is 18.9. The van der Waals surface area contributed by atoms with Crippen LogP contribution >= 0.6 is 0 Å². The van der Waals surface area contributed by atoms with Crippen LogP contribution in [0.5, 0.6) is 0 Å². The minimum atomic E-state index is -3.13. The third-order valence-corrected chi connectivity index (χ3v) is 7.35. The molecule has 170 valence electrons. The predicted molar refractivity (Wildman–Crippen MR) is 115 cm³/mol. The summed E-state index contributed by atoms with van der Waals surface area (Å²) in [7, 11) is -3.13. The van der Waals surface area contributed by atoms with Crippen LogP contribution in [-0.4, -0.2) is 91.0 Å². The highest BCUT2D eigenvalue weighted by atomic mass is 32.2. The Bertz CT molecular complexity index is 783. The van der Waals surface area contributed by atoms with Gasteiger partial charge in [0.05, 0.1) is 12.5 Å². The molecular weight excluding hydrogens is 406 g/mol. The lowest BCUT2D eigenvalue weighted by molar-refractivity contribution is -0.121. The number of rotatable bonds is 9. The summed E-state index contributed by atoms with van der Waals surface area (Å²) in [5, 5.41) is 7.25. The molecule has 0 radical (unpaired) electrons. The highest BCUT2D eigenvalue weighted by Gasteiger charge is 2.32. The van der Waals surface area contributed by atoms with Crippen LogP contribution in [0.3, 0.4) is 0 Å². The molecule has 2 fully saturated rings. The summed E-state index contributed by atoms with van der Waals surface area (Å²) >= 11 is 0. The molecule has 3 rings (SSSR count). The van der Waals surface area contributed by atoms with Gasteiger partial charge in [-0.15, -0.1) is 0 Å². The van der Waals surface area contributed by atoms with E-state index in [0.29, 0.717) is 44.7 Å². The maximum atomic E-state index is 12.2. The Morgan fingerprint density at radius 3 is 2.50 bits per heavy atom. The Morgan fingerprint density at radius 1 is 1.23 bits per heavy atom. The quantitative estimate of drug-likeness (QED) is 0.603. The molecule has 3 heterocycles. The van der Waals surface area contributed by atoms with Gasteiger partial charge in [-0.1, -0.05) is 0 Å². The first kappa shape index (κ1) is 23.2. The Kier molecular flexibility index (Phi) is 8.27. The molecule has 1 aromatic rings. The maximum absolute atomic E-state index is 12.2. The molecule has 0 unspecified atom stereocenters. The van der Waals surface area contributed by atoms with Crippen LogP contribution < -0.4 is 5.32 Å². The molecule has 1 amide bonds. The van der Waals surface area contributed by atoms with Gasteiger partial charge in [-0.2, -0.15) is 5.10 Å². The second-order valence-electron chi connectivity index (χ2n) is 8.36. The van der Waals surface area contributed by atoms with Crippen molar-refractivity contribution in [3.8, 4) is 0 Å². The molecule has 2 aliphatic rings. The molecule has 0 aromatic carbocycles. The Balaban J connectivity index is 1.48. The molecule has 0 atom stereocenters. The van der Waals surface area contributed by atoms with Crippen molar-refractivity contribution in [2.75, 3.05) is 45.6 Å². The molecule has 9 nitrogen and oxygen atoms in total. The van der Waals surface area contributed by atoms with Crippen LogP contribution in [0.1, 0.15) is 37.7 Å². The number of ether oxygens (including phenoxy) is 1. The number of nitrogens with zero attached hydrogens (tertiary/aromatic N) is 4. The smallest absolute Gasteiger partial charge is 0.221 e. The highest BCUT2D eigenvalue weighted by molar-refractivity contribution is 7.88. The Labute approximate surface area is 179 Å². The number of hydrogen-bond acceptors (Lipinski definition) is 6. The summed E-state index contributed by atoms with van der Waals surface area (Å²) in [6, 6.07) is 0.771. The summed E-state index contributed by atoms with van der Waals surface area (Å²) in [6.07, 6.45) is 9.04. The van der Waals surface area contributed by atoms with Gasteiger partial charge >= 0.3 is 0 Å². The second kappa shape index (κ2) is 10.7. The molecule has 0 spiro atoms. The predicted octanol–water partition coefficient (Wildman–Crippen LogP) is 0.603. The molecule has 0 bridgehead atoms. The minimum absolute atomic E-state index is 0.0296. The van der Waals surface area contributed by atoms with E-state index in [1.807, 2.05) is 13.1 Å². The lowest BCUT2D eigenvalue weighted by Crippen LogP contribution is -2.53. The van der Waals surface area contributed by atoms with Gasteiger partial charge in [0.2, 0.25) is 15.9 Å². The van der Waals surface area contributed by atoms with Crippen molar-refractivity contribution in [2.45, 2.75) is 57.7 Å². The molecule has 2 saturated heterocycles. The Morgan fingerprint density at radius 2 is 1.90 bits per heavy atom. The van der Waals surface area contributed by atoms with Gasteiger partial charge in [0.15, 0.2) is 0 Å². The maximum Gasteiger partial charge on any atom is 0.221 e. The monoisotopic (exact) mass is 441 g/mol. The van der Waals surface area contributed by atoms with Gasteiger partial charge in [0.1, 0.15) is 0 Å². The molecule has 2 aliphatic heterocycles. The van der Waals surface area contributed by atoms with Crippen molar-refractivity contribution in [3.63, 3.8) is 0 Å². The van der Waals surface area contributed by atoms with Crippen molar-refractivity contribution in [2.24, 2.45) is 0 Å². The van der Waals surface area contributed by atoms with E-state index < -0.39 is 10.0 Å². The first-order valence-electron chi connectivity index (χ1n) is 10.9. The molecule has 0 aliphatic carbocycles. The molecular formula is C20H35N5O4S. The van der Waals surface area contributed by atoms with E-state index in [0.717, 1.165) is 51.0 Å². The zero-order chi connectivity index (χ0) is 21.6. The first-order chi connectivity index (χ1) is 14.3. The second-order valence-corrected chi connectivity index (χ2v) is 10.3. The highest BCUT2D eigenvalue weighted by Crippen LogP contribution is 2.24. The van der Waals surface area contributed by atoms with Crippen LogP contribution in [0.15, 0.2) is 12.4 Å². The van der Waals surface area contributed by atoms with Gasteiger partial charge in [0.25, 0.3) is 0 Å². The largest absolute Gasteiger partial charge is 0.381 e. The van der Waals surface area contributed by atoms with E-state index in [4.69, 9.17) is 4.74 Å². The molecule has 1 aromatic heterocycles. The van der Waals surface area contributed by atoms with Crippen LogP contribution in [-0.2, 0) is 26.1 Å². The zero-order valence-electron chi connectivity index (χ0n) is 18.1. The fraction of sp³-hybridized carbons (Fsp3) is 0.800. The molecule has 30 heavy (non-hydrogen) atoms. The van der Waals surface area contributed by atoms with Crippen molar-refractivity contribution in [3.05, 3.63) is 18.0 Å². The van der Waals surface area contributed by atoms with Crippen molar-refractivity contribution >= 4 is 15.9 Å². The Hall–Kier alpha value is -1.49.